The summed E-state index contributed by atoms with van der Waals surface area (Å²) in [6.07, 6.45) is 0.397. The van der Waals surface area contributed by atoms with Crippen LogP contribution >= 0.6 is 11.3 Å². The van der Waals surface area contributed by atoms with Crippen LogP contribution in [0.3, 0.4) is 0 Å². The van der Waals surface area contributed by atoms with Crippen LogP contribution in [0.4, 0.5) is 0 Å². The van der Waals surface area contributed by atoms with Crippen molar-refractivity contribution in [2.24, 2.45) is 0 Å². The van der Waals surface area contributed by atoms with E-state index in [1.165, 1.54) is 5.69 Å². The molecule has 3 heterocycles. The van der Waals surface area contributed by atoms with Gasteiger partial charge in [0.2, 0.25) is 0 Å². The monoisotopic (exact) mass is 253 g/mol. The van der Waals surface area contributed by atoms with Gasteiger partial charge in [-0.15, -0.1) is 11.3 Å². The number of aromatic nitrogens is 1. The van der Waals surface area contributed by atoms with Gasteiger partial charge in [-0.05, 0) is 14.0 Å². The van der Waals surface area contributed by atoms with Crippen molar-refractivity contribution in [3.8, 4) is 0 Å². The van der Waals surface area contributed by atoms with Crippen molar-refractivity contribution in [2.45, 2.75) is 25.6 Å². The molecule has 0 amide bonds. The maximum atomic E-state index is 5.84. The molecule has 0 aliphatic carbocycles. The van der Waals surface area contributed by atoms with E-state index in [4.69, 9.17) is 4.74 Å². The summed E-state index contributed by atoms with van der Waals surface area (Å²) in [6.45, 7) is 7.12. The van der Waals surface area contributed by atoms with Gasteiger partial charge in [0.15, 0.2) is 0 Å². The summed E-state index contributed by atoms with van der Waals surface area (Å²) in [5, 5.41) is 3.33. The van der Waals surface area contributed by atoms with Crippen LogP contribution in [-0.2, 0) is 11.3 Å². The molecule has 2 aliphatic heterocycles. The highest BCUT2D eigenvalue weighted by atomic mass is 32.1. The van der Waals surface area contributed by atoms with Gasteiger partial charge >= 0.3 is 0 Å². The lowest BCUT2D eigenvalue weighted by Gasteiger charge is -2.33. The van der Waals surface area contributed by atoms with E-state index in [0.717, 1.165) is 37.8 Å². The van der Waals surface area contributed by atoms with Gasteiger partial charge in [0.1, 0.15) is 0 Å². The van der Waals surface area contributed by atoms with Gasteiger partial charge in [-0.2, -0.15) is 0 Å². The molecule has 3 rings (SSSR count). The van der Waals surface area contributed by atoms with Gasteiger partial charge in [0.05, 0.1) is 23.4 Å². The standard InChI is InChI=1S/C12H19N3OS/c1-9-13-10(8-17-9)5-15-6-11-12(7-15)16-4-3-14(11)2/h8,11-12H,3-7H2,1-2H3/t11-,12+/m1/s1. The first-order chi connectivity index (χ1) is 8.22. The average molecular weight is 253 g/mol. The number of aryl methyl sites for hydroxylation is 1. The fraction of sp³-hybridized carbons (Fsp3) is 0.750. The summed E-state index contributed by atoms with van der Waals surface area (Å²) in [5.74, 6) is 0. The second kappa shape index (κ2) is 4.65. The highest BCUT2D eigenvalue weighted by molar-refractivity contribution is 7.09. The Hall–Kier alpha value is -0.490. The molecule has 0 spiro atoms. The first kappa shape index (κ1) is 11.6. The number of morpholine rings is 1. The second-order valence-electron chi connectivity index (χ2n) is 5.01. The average Bonchev–Trinajstić information content (AvgIpc) is 2.86. The van der Waals surface area contributed by atoms with E-state index in [9.17, 15) is 0 Å². The van der Waals surface area contributed by atoms with E-state index < -0.39 is 0 Å². The Balaban J connectivity index is 1.63. The molecule has 0 radical (unpaired) electrons. The number of ether oxygens (including phenoxy) is 1. The van der Waals surface area contributed by atoms with Crippen molar-refractivity contribution in [2.75, 3.05) is 33.3 Å². The number of likely N-dealkylation sites (N-methyl/N-ethyl adjacent to an activating group) is 1. The van der Waals surface area contributed by atoms with Crippen LogP contribution in [0.25, 0.3) is 0 Å². The molecule has 1 aromatic heterocycles. The Morgan fingerprint density at radius 2 is 2.41 bits per heavy atom. The Kier molecular flexibility index (Phi) is 3.17. The zero-order valence-corrected chi connectivity index (χ0v) is 11.2. The molecule has 0 bridgehead atoms. The molecule has 4 nitrogen and oxygen atoms in total. The van der Waals surface area contributed by atoms with E-state index in [-0.39, 0.29) is 0 Å². The van der Waals surface area contributed by atoms with Crippen LogP contribution in [0, 0.1) is 6.92 Å². The summed E-state index contributed by atoms with van der Waals surface area (Å²) in [5.41, 5.74) is 1.20. The van der Waals surface area contributed by atoms with E-state index in [0.29, 0.717) is 12.1 Å². The Morgan fingerprint density at radius 1 is 1.53 bits per heavy atom. The molecule has 2 atom stereocenters. The van der Waals surface area contributed by atoms with Crippen LogP contribution < -0.4 is 0 Å². The minimum absolute atomic E-state index is 0.397. The van der Waals surface area contributed by atoms with Crippen molar-refractivity contribution in [1.82, 2.24) is 14.8 Å². The van der Waals surface area contributed by atoms with Gasteiger partial charge in [-0.25, -0.2) is 4.98 Å². The van der Waals surface area contributed by atoms with E-state index in [2.05, 4.69) is 34.1 Å². The van der Waals surface area contributed by atoms with E-state index in [1.807, 2.05) is 0 Å². The molecule has 2 fully saturated rings. The first-order valence-corrected chi connectivity index (χ1v) is 7.05. The van der Waals surface area contributed by atoms with E-state index >= 15 is 0 Å². The van der Waals surface area contributed by atoms with Gasteiger partial charge < -0.3 is 4.74 Å². The fourth-order valence-electron chi connectivity index (χ4n) is 2.77. The number of hydrogen-bond acceptors (Lipinski definition) is 5. The SMILES string of the molecule is Cc1nc(CN2C[C@@H]3OCCN(C)[C@@H]3C2)cs1. The highest BCUT2D eigenvalue weighted by Crippen LogP contribution is 2.23. The highest BCUT2D eigenvalue weighted by Gasteiger charge is 2.38. The molecule has 0 N–H and O–H groups in total. The van der Waals surface area contributed by atoms with Gasteiger partial charge in [-0.1, -0.05) is 0 Å². The molecule has 0 unspecified atom stereocenters. The third-order valence-corrected chi connectivity index (χ3v) is 4.53. The lowest BCUT2D eigenvalue weighted by molar-refractivity contribution is -0.0370. The predicted octanol–water partition coefficient (Wildman–Crippen LogP) is 0.966. The van der Waals surface area contributed by atoms with Crippen LogP contribution in [0.1, 0.15) is 10.7 Å². The molecule has 1 aromatic rings. The minimum atomic E-state index is 0.397. The molecule has 17 heavy (non-hydrogen) atoms. The Bertz CT molecular complexity index is 395. The Labute approximate surface area is 106 Å². The largest absolute Gasteiger partial charge is 0.374 e. The Morgan fingerprint density at radius 3 is 3.12 bits per heavy atom. The molecule has 0 aromatic carbocycles. The number of nitrogens with zero attached hydrogens (tertiary/aromatic N) is 3. The van der Waals surface area contributed by atoms with E-state index in [1.54, 1.807) is 11.3 Å². The molecular weight excluding hydrogens is 234 g/mol. The lowest BCUT2D eigenvalue weighted by atomic mass is 10.1. The predicted molar refractivity (Wildman–Crippen MR) is 68.3 cm³/mol. The minimum Gasteiger partial charge on any atom is -0.374 e. The smallest absolute Gasteiger partial charge is 0.0897 e. The third kappa shape index (κ3) is 2.38. The van der Waals surface area contributed by atoms with Crippen LogP contribution in [-0.4, -0.2) is 60.2 Å². The van der Waals surface area contributed by atoms with Crippen LogP contribution in [0.15, 0.2) is 5.38 Å². The molecule has 2 saturated heterocycles. The summed E-state index contributed by atoms with van der Waals surface area (Å²) < 4.78 is 5.84. The summed E-state index contributed by atoms with van der Waals surface area (Å²) in [6, 6.07) is 0.573. The summed E-state index contributed by atoms with van der Waals surface area (Å²) in [4.78, 5) is 9.43. The topological polar surface area (TPSA) is 28.6 Å². The van der Waals surface area contributed by atoms with Crippen molar-refractivity contribution in [3.05, 3.63) is 16.1 Å². The van der Waals surface area contributed by atoms with Crippen LogP contribution in [0.2, 0.25) is 0 Å². The fourth-order valence-corrected chi connectivity index (χ4v) is 3.38. The van der Waals surface area contributed by atoms with Gasteiger partial charge in [0, 0.05) is 37.6 Å². The molecule has 94 valence electrons. The third-order valence-electron chi connectivity index (χ3n) is 3.71. The lowest BCUT2D eigenvalue weighted by Crippen LogP contribution is -2.48. The number of thiazole rings is 1. The van der Waals surface area contributed by atoms with Crippen molar-refractivity contribution >= 4 is 11.3 Å². The zero-order chi connectivity index (χ0) is 11.8. The van der Waals surface area contributed by atoms with Gasteiger partial charge in [0.25, 0.3) is 0 Å². The molecule has 2 aliphatic rings. The number of hydrogen-bond donors (Lipinski definition) is 0. The number of likely N-dealkylation sites (tertiary alicyclic amines) is 1. The second-order valence-corrected chi connectivity index (χ2v) is 6.07. The van der Waals surface area contributed by atoms with Crippen molar-refractivity contribution < 1.29 is 4.74 Å². The van der Waals surface area contributed by atoms with Crippen molar-refractivity contribution in [3.63, 3.8) is 0 Å². The van der Waals surface area contributed by atoms with Crippen molar-refractivity contribution in [1.29, 1.82) is 0 Å². The summed E-state index contributed by atoms with van der Waals surface area (Å²) in [7, 11) is 2.21. The normalized spacial score (nSPS) is 30.7. The maximum absolute atomic E-state index is 5.84. The number of rotatable bonds is 2. The first-order valence-electron chi connectivity index (χ1n) is 6.17. The summed E-state index contributed by atoms with van der Waals surface area (Å²) >= 11 is 1.73. The molecule has 0 saturated carbocycles. The maximum Gasteiger partial charge on any atom is 0.0897 e. The van der Waals surface area contributed by atoms with Crippen LogP contribution in [0.5, 0.6) is 0 Å². The molecule has 5 heteroatoms. The van der Waals surface area contributed by atoms with Gasteiger partial charge in [-0.3, -0.25) is 9.80 Å². The number of fused-ring (bicyclic) bond motifs is 1. The quantitative estimate of drug-likeness (QED) is 0.785. The zero-order valence-electron chi connectivity index (χ0n) is 10.4. The molecular formula is C12H19N3OS.